The van der Waals surface area contributed by atoms with Gasteiger partial charge in [-0.2, -0.15) is 0 Å². The number of ether oxygens (including phenoxy) is 1. The van der Waals surface area contributed by atoms with E-state index in [4.69, 9.17) is 4.74 Å². The van der Waals surface area contributed by atoms with Crippen molar-refractivity contribution < 1.29 is 13.5 Å². The lowest BCUT2D eigenvalue weighted by atomic mass is 10.2. The molecule has 0 N–H and O–H groups in total. The van der Waals surface area contributed by atoms with Gasteiger partial charge in [0.2, 0.25) is 0 Å². The zero-order valence-electron chi connectivity index (χ0n) is 8.79. The van der Waals surface area contributed by atoms with E-state index in [1.54, 1.807) is 18.2 Å². The van der Waals surface area contributed by atoms with E-state index in [0.717, 1.165) is 0 Å². The molecule has 0 aromatic heterocycles. The predicted molar refractivity (Wildman–Crippen MR) is 64.8 cm³/mol. The Hall–Kier alpha value is -1.42. The lowest BCUT2D eigenvalue weighted by Crippen LogP contribution is -1.97. The van der Waals surface area contributed by atoms with Crippen LogP contribution in [0.5, 0.6) is 5.75 Å². The number of benzene rings is 2. The molecule has 4 heteroatoms. The highest BCUT2D eigenvalue weighted by atomic mass is 79.9. The summed E-state index contributed by atoms with van der Waals surface area (Å²) in [5.41, 5.74) is 0.696. The van der Waals surface area contributed by atoms with Crippen molar-refractivity contribution in [3.8, 4) is 5.75 Å². The molecule has 0 saturated heterocycles. The minimum absolute atomic E-state index is 0.194. The first-order valence-electron chi connectivity index (χ1n) is 4.97. The van der Waals surface area contributed by atoms with Gasteiger partial charge in [-0.3, -0.25) is 0 Å². The van der Waals surface area contributed by atoms with Crippen LogP contribution >= 0.6 is 15.9 Å². The maximum absolute atomic E-state index is 13.0. The summed E-state index contributed by atoms with van der Waals surface area (Å²) >= 11 is 3.25. The summed E-state index contributed by atoms with van der Waals surface area (Å²) in [6.07, 6.45) is 0. The Balaban J connectivity index is 2.09. The first-order valence-corrected chi connectivity index (χ1v) is 5.77. The van der Waals surface area contributed by atoms with Crippen molar-refractivity contribution in [2.24, 2.45) is 0 Å². The molecule has 0 spiro atoms. The molecule has 0 radical (unpaired) electrons. The van der Waals surface area contributed by atoms with Crippen molar-refractivity contribution >= 4 is 15.9 Å². The Morgan fingerprint density at radius 3 is 2.53 bits per heavy atom. The summed E-state index contributed by atoms with van der Waals surface area (Å²) in [7, 11) is 0. The number of hydrogen-bond acceptors (Lipinski definition) is 1. The molecule has 0 atom stereocenters. The fraction of sp³-hybridized carbons (Fsp3) is 0.0769. The van der Waals surface area contributed by atoms with Gasteiger partial charge in [-0.25, -0.2) is 8.78 Å². The Morgan fingerprint density at radius 1 is 1.00 bits per heavy atom. The van der Waals surface area contributed by atoms with E-state index in [1.165, 1.54) is 24.3 Å². The van der Waals surface area contributed by atoms with Gasteiger partial charge < -0.3 is 4.74 Å². The molecule has 2 rings (SSSR count). The minimum atomic E-state index is -0.373. The molecule has 0 fully saturated rings. The average Bonchev–Trinajstić information content (AvgIpc) is 2.30. The summed E-state index contributed by atoms with van der Waals surface area (Å²) in [6.45, 7) is 0.194. The Labute approximate surface area is 106 Å². The molecule has 0 aliphatic heterocycles. The minimum Gasteiger partial charge on any atom is -0.488 e. The van der Waals surface area contributed by atoms with Crippen molar-refractivity contribution in [2.75, 3.05) is 0 Å². The maximum Gasteiger partial charge on any atom is 0.136 e. The first kappa shape index (κ1) is 12.0. The van der Waals surface area contributed by atoms with E-state index in [-0.39, 0.29) is 18.2 Å². The normalized spacial score (nSPS) is 10.3. The van der Waals surface area contributed by atoms with Crippen LogP contribution in [0.1, 0.15) is 5.56 Å². The van der Waals surface area contributed by atoms with Gasteiger partial charge in [0.05, 0.1) is 4.47 Å². The van der Waals surface area contributed by atoms with Gasteiger partial charge in [0.25, 0.3) is 0 Å². The molecule has 0 amide bonds. The average molecular weight is 299 g/mol. The van der Waals surface area contributed by atoms with Crippen molar-refractivity contribution in [1.82, 2.24) is 0 Å². The van der Waals surface area contributed by atoms with Crippen molar-refractivity contribution in [1.29, 1.82) is 0 Å². The maximum atomic E-state index is 13.0. The summed E-state index contributed by atoms with van der Waals surface area (Å²) < 4.78 is 32.0. The fourth-order valence-corrected chi connectivity index (χ4v) is 1.74. The van der Waals surface area contributed by atoms with E-state index in [1.807, 2.05) is 0 Å². The fourth-order valence-electron chi connectivity index (χ4n) is 1.38. The molecule has 2 aromatic carbocycles. The van der Waals surface area contributed by atoms with E-state index >= 15 is 0 Å². The quantitative estimate of drug-likeness (QED) is 0.820. The molecule has 0 saturated carbocycles. The summed E-state index contributed by atoms with van der Waals surface area (Å²) in [4.78, 5) is 0. The van der Waals surface area contributed by atoms with Gasteiger partial charge in [-0.1, -0.05) is 12.1 Å². The molecule has 17 heavy (non-hydrogen) atoms. The van der Waals surface area contributed by atoms with Crippen molar-refractivity contribution in [3.05, 3.63) is 64.1 Å². The summed E-state index contributed by atoms with van der Waals surface area (Å²) in [6, 6.07) is 10.3. The number of rotatable bonds is 3. The Morgan fingerprint density at radius 2 is 1.76 bits per heavy atom. The molecular formula is C13H9BrF2O. The first-order chi connectivity index (χ1) is 8.15. The second kappa shape index (κ2) is 5.27. The summed E-state index contributed by atoms with van der Waals surface area (Å²) in [5.74, 6) is -0.291. The third kappa shape index (κ3) is 3.27. The predicted octanol–water partition coefficient (Wildman–Crippen LogP) is 4.31. The highest BCUT2D eigenvalue weighted by Crippen LogP contribution is 2.26. The molecule has 0 unspecified atom stereocenters. The highest BCUT2D eigenvalue weighted by molar-refractivity contribution is 9.10. The molecule has 88 valence electrons. The smallest absolute Gasteiger partial charge is 0.136 e. The third-order valence-electron chi connectivity index (χ3n) is 2.18. The topological polar surface area (TPSA) is 9.23 Å². The van der Waals surface area contributed by atoms with E-state index in [9.17, 15) is 8.78 Å². The molecule has 1 nitrogen and oxygen atoms in total. The van der Waals surface area contributed by atoms with Gasteiger partial charge in [0.1, 0.15) is 24.0 Å². The number of halogens is 3. The van der Waals surface area contributed by atoms with Gasteiger partial charge in [-0.15, -0.1) is 0 Å². The molecular weight excluding hydrogens is 290 g/mol. The zero-order valence-corrected chi connectivity index (χ0v) is 10.4. The van der Waals surface area contributed by atoms with Crippen LogP contribution in [0, 0.1) is 11.6 Å². The van der Waals surface area contributed by atoms with Crippen LogP contribution in [0.3, 0.4) is 0 Å². The van der Waals surface area contributed by atoms with Crippen LogP contribution in [0.4, 0.5) is 8.78 Å². The van der Waals surface area contributed by atoms with Crippen molar-refractivity contribution in [2.45, 2.75) is 6.61 Å². The largest absolute Gasteiger partial charge is 0.488 e. The highest BCUT2D eigenvalue weighted by Gasteiger charge is 2.03. The van der Waals surface area contributed by atoms with Crippen LogP contribution < -0.4 is 4.74 Å². The number of hydrogen-bond donors (Lipinski definition) is 0. The van der Waals surface area contributed by atoms with Crippen LogP contribution in [0.2, 0.25) is 0 Å². The molecule has 0 heterocycles. The molecule has 0 aliphatic rings. The van der Waals surface area contributed by atoms with Crippen LogP contribution in [0.25, 0.3) is 0 Å². The van der Waals surface area contributed by atoms with Crippen LogP contribution in [0.15, 0.2) is 46.9 Å². The van der Waals surface area contributed by atoms with Crippen LogP contribution in [-0.4, -0.2) is 0 Å². The van der Waals surface area contributed by atoms with Crippen molar-refractivity contribution in [3.63, 3.8) is 0 Å². The standard InChI is InChI=1S/C13H9BrF2O/c14-12-5-4-11(16)7-13(12)17-8-9-2-1-3-10(15)6-9/h1-7H,8H2. The lowest BCUT2D eigenvalue weighted by molar-refractivity contribution is 0.302. The third-order valence-corrected chi connectivity index (χ3v) is 2.83. The van der Waals surface area contributed by atoms with Crippen LogP contribution in [-0.2, 0) is 6.61 Å². The van der Waals surface area contributed by atoms with E-state index in [2.05, 4.69) is 15.9 Å². The zero-order chi connectivity index (χ0) is 12.3. The van der Waals surface area contributed by atoms with Gasteiger partial charge in [-0.05, 0) is 45.8 Å². The molecule has 2 aromatic rings. The SMILES string of the molecule is Fc1cccc(COc2cc(F)ccc2Br)c1. The summed E-state index contributed by atoms with van der Waals surface area (Å²) in [5, 5.41) is 0. The monoisotopic (exact) mass is 298 g/mol. The van der Waals surface area contributed by atoms with E-state index < -0.39 is 0 Å². The lowest BCUT2D eigenvalue weighted by Gasteiger charge is -2.08. The molecule has 0 bridgehead atoms. The van der Waals surface area contributed by atoms with Gasteiger partial charge in [0, 0.05) is 6.07 Å². The Bertz CT molecular complexity index is 529. The second-order valence-electron chi connectivity index (χ2n) is 3.49. The second-order valence-corrected chi connectivity index (χ2v) is 4.35. The van der Waals surface area contributed by atoms with Gasteiger partial charge >= 0.3 is 0 Å². The Kier molecular flexibility index (Phi) is 3.74. The van der Waals surface area contributed by atoms with E-state index in [0.29, 0.717) is 15.8 Å². The van der Waals surface area contributed by atoms with Gasteiger partial charge in [0.15, 0.2) is 0 Å². The molecule has 0 aliphatic carbocycles.